The van der Waals surface area contributed by atoms with E-state index in [0.29, 0.717) is 22.4 Å². The Morgan fingerprint density at radius 3 is 2.70 bits per heavy atom. The molecule has 52 valence electrons. The highest BCUT2D eigenvalue weighted by Gasteiger charge is 2.04. The molecule has 0 saturated heterocycles. The van der Waals surface area contributed by atoms with Crippen LogP contribution in [-0.4, -0.2) is 0 Å². The third kappa shape index (κ3) is 1.75. The van der Waals surface area contributed by atoms with E-state index in [1.54, 1.807) is 6.07 Å². The number of hydrogen-bond donors (Lipinski definition) is 0. The third-order valence-electron chi connectivity index (χ3n) is 1.17. The van der Waals surface area contributed by atoms with Crippen LogP contribution >= 0.6 is 11.6 Å². The van der Waals surface area contributed by atoms with E-state index in [1.807, 2.05) is 18.2 Å². The second-order valence-corrected chi connectivity index (χ2v) is 2.79. The van der Waals surface area contributed by atoms with E-state index in [2.05, 4.69) is 0 Å². The van der Waals surface area contributed by atoms with Gasteiger partial charge in [-0.05, 0) is 6.07 Å². The SMILES string of the molecule is O=[S+]Cc1ccccc1Cl. The van der Waals surface area contributed by atoms with Crippen LogP contribution in [0.15, 0.2) is 24.3 Å². The van der Waals surface area contributed by atoms with Crippen LogP contribution in [0.25, 0.3) is 0 Å². The van der Waals surface area contributed by atoms with Crippen molar-refractivity contribution < 1.29 is 4.21 Å². The molecule has 0 spiro atoms. The van der Waals surface area contributed by atoms with Crippen LogP contribution < -0.4 is 0 Å². The molecule has 0 atom stereocenters. The van der Waals surface area contributed by atoms with Gasteiger partial charge >= 0.3 is 11.7 Å². The van der Waals surface area contributed by atoms with E-state index in [9.17, 15) is 4.21 Å². The van der Waals surface area contributed by atoms with E-state index < -0.39 is 0 Å². The van der Waals surface area contributed by atoms with Crippen molar-refractivity contribution in [2.75, 3.05) is 0 Å². The Balaban J connectivity index is 2.91. The summed E-state index contributed by atoms with van der Waals surface area (Å²) in [6, 6.07) is 7.36. The van der Waals surface area contributed by atoms with E-state index in [4.69, 9.17) is 11.6 Å². The molecule has 1 aromatic rings. The summed E-state index contributed by atoms with van der Waals surface area (Å²) in [4.78, 5) is 0. The molecule has 0 heterocycles. The summed E-state index contributed by atoms with van der Waals surface area (Å²) in [7, 11) is 0. The first-order valence-corrected chi connectivity index (χ1v) is 4.11. The van der Waals surface area contributed by atoms with E-state index in [1.165, 1.54) is 0 Å². The van der Waals surface area contributed by atoms with Crippen LogP contribution in [0, 0.1) is 0 Å². The van der Waals surface area contributed by atoms with Gasteiger partial charge in [0.2, 0.25) is 0 Å². The molecule has 0 bridgehead atoms. The number of benzene rings is 1. The largest absolute Gasteiger partial charge is 0.463 e. The molecule has 10 heavy (non-hydrogen) atoms. The predicted molar refractivity (Wildman–Crippen MR) is 43.2 cm³/mol. The summed E-state index contributed by atoms with van der Waals surface area (Å²) < 4.78 is 10.1. The van der Waals surface area contributed by atoms with Gasteiger partial charge in [-0.3, -0.25) is 0 Å². The number of hydrogen-bond acceptors (Lipinski definition) is 1. The highest BCUT2D eigenvalue weighted by molar-refractivity contribution is 7.64. The fraction of sp³-hybridized carbons (Fsp3) is 0.143. The maximum Gasteiger partial charge on any atom is 0.463 e. The topological polar surface area (TPSA) is 17.1 Å². The van der Waals surface area contributed by atoms with Crippen molar-refractivity contribution in [2.45, 2.75) is 5.75 Å². The Morgan fingerprint density at radius 2 is 2.10 bits per heavy atom. The predicted octanol–water partition coefficient (Wildman–Crippen LogP) is 2.27. The molecular weight excluding hydrogens is 168 g/mol. The summed E-state index contributed by atoms with van der Waals surface area (Å²) in [5, 5.41) is 0.672. The van der Waals surface area contributed by atoms with Gasteiger partial charge < -0.3 is 0 Å². The van der Waals surface area contributed by atoms with E-state index in [0.717, 1.165) is 5.56 Å². The maximum absolute atomic E-state index is 10.1. The van der Waals surface area contributed by atoms with Crippen LogP contribution in [0.5, 0.6) is 0 Å². The minimum Gasteiger partial charge on any atom is -0.0838 e. The van der Waals surface area contributed by atoms with E-state index in [-0.39, 0.29) is 0 Å². The van der Waals surface area contributed by atoms with Crippen molar-refractivity contribution in [1.82, 2.24) is 0 Å². The fourth-order valence-corrected chi connectivity index (χ4v) is 1.34. The molecule has 0 unspecified atom stereocenters. The number of halogens is 1. The molecule has 0 radical (unpaired) electrons. The second-order valence-electron chi connectivity index (χ2n) is 1.85. The molecule has 0 aromatic heterocycles. The molecule has 0 fully saturated rings. The second kappa shape index (κ2) is 3.64. The standard InChI is InChI=1S/C7H6ClOS/c8-7-4-2-1-3-6(7)5-10-9/h1-4H,5H2/q+1. The van der Waals surface area contributed by atoms with E-state index >= 15 is 0 Å². The van der Waals surface area contributed by atoms with Gasteiger partial charge in [0.1, 0.15) is 0 Å². The summed E-state index contributed by atoms with van der Waals surface area (Å²) >= 11 is 6.29. The van der Waals surface area contributed by atoms with Crippen LogP contribution in [-0.2, 0) is 21.6 Å². The summed E-state index contributed by atoms with van der Waals surface area (Å²) in [6.07, 6.45) is 0. The molecular formula is C7H6ClOS+. The zero-order chi connectivity index (χ0) is 7.40. The fourth-order valence-electron chi connectivity index (χ4n) is 0.679. The zero-order valence-corrected chi connectivity index (χ0v) is 6.78. The lowest BCUT2D eigenvalue weighted by Crippen LogP contribution is -1.81. The molecule has 1 rings (SSSR count). The Kier molecular flexibility index (Phi) is 2.78. The van der Waals surface area contributed by atoms with Crippen molar-refractivity contribution in [3.05, 3.63) is 34.9 Å². The summed E-state index contributed by atoms with van der Waals surface area (Å²) in [6.45, 7) is 0. The van der Waals surface area contributed by atoms with Gasteiger partial charge in [-0.15, -0.1) is 0 Å². The highest BCUT2D eigenvalue weighted by Crippen LogP contribution is 2.14. The molecule has 1 nitrogen and oxygen atoms in total. The van der Waals surface area contributed by atoms with Gasteiger partial charge in [0.25, 0.3) is 5.75 Å². The minimum absolute atomic E-state index is 0.444. The molecule has 0 N–H and O–H groups in total. The molecule has 0 aliphatic carbocycles. The van der Waals surface area contributed by atoms with Crippen LogP contribution in [0.1, 0.15) is 5.56 Å². The highest BCUT2D eigenvalue weighted by atomic mass is 35.5. The first kappa shape index (κ1) is 7.63. The van der Waals surface area contributed by atoms with Gasteiger partial charge in [0.05, 0.1) is 0 Å². The smallest absolute Gasteiger partial charge is 0.0838 e. The lowest BCUT2D eigenvalue weighted by atomic mass is 10.2. The summed E-state index contributed by atoms with van der Waals surface area (Å²) in [5.41, 5.74) is 0.907. The van der Waals surface area contributed by atoms with Crippen molar-refractivity contribution >= 4 is 23.3 Å². The lowest BCUT2D eigenvalue weighted by molar-refractivity contribution is 0.604. The van der Waals surface area contributed by atoms with Gasteiger partial charge in [-0.1, -0.05) is 29.8 Å². The Hall–Kier alpha value is -0.470. The molecule has 0 amide bonds. The first-order chi connectivity index (χ1) is 4.84. The molecule has 1 aromatic carbocycles. The average Bonchev–Trinajstić information content (AvgIpc) is 1.94. The van der Waals surface area contributed by atoms with Gasteiger partial charge in [-0.25, -0.2) is 0 Å². The monoisotopic (exact) mass is 173 g/mol. The Morgan fingerprint density at radius 1 is 1.40 bits per heavy atom. The van der Waals surface area contributed by atoms with Crippen LogP contribution in [0.3, 0.4) is 0 Å². The average molecular weight is 174 g/mol. The molecule has 0 aliphatic heterocycles. The first-order valence-electron chi connectivity index (χ1n) is 2.83. The zero-order valence-electron chi connectivity index (χ0n) is 5.21. The Bertz CT molecular complexity index is 237. The van der Waals surface area contributed by atoms with Crippen molar-refractivity contribution in [3.63, 3.8) is 0 Å². The van der Waals surface area contributed by atoms with Gasteiger partial charge in [0.15, 0.2) is 0 Å². The molecule has 0 aliphatic rings. The third-order valence-corrected chi connectivity index (χ3v) is 1.97. The van der Waals surface area contributed by atoms with Crippen LogP contribution in [0.4, 0.5) is 0 Å². The summed E-state index contributed by atoms with van der Waals surface area (Å²) in [5.74, 6) is 0.444. The van der Waals surface area contributed by atoms with Gasteiger partial charge in [0, 0.05) is 14.8 Å². The van der Waals surface area contributed by atoms with Crippen molar-refractivity contribution in [3.8, 4) is 0 Å². The van der Waals surface area contributed by atoms with Crippen molar-refractivity contribution in [1.29, 1.82) is 0 Å². The van der Waals surface area contributed by atoms with Crippen LogP contribution in [0.2, 0.25) is 5.02 Å². The Labute approximate surface area is 68.5 Å². The molecule has 3 heteroatoms. The van der Waals surface area contributed by atoms with Crippen molar-refractivity contribution in [2.24, 2.45) is 0 Å². The maximum atomic E-state index is 10.1. The molecule has 0 saturated carbocycles. The normalized spacial score (nSPS) is 9.30. The number of rotatable bonds is 2. The lowest BCUT2D eigenvalue weighted by Gasteiger charge is -1.90. The minimum atomic E-state index is 0.444. The quantitative estimate of drug-likeness (QED) is 0.628. The van der Waals surface area contributed by atoms with Gasteiger partial charge in [-0.2, -0.15) is 0 Å².